The fourth-order valence-electron chi connectivity index (χ4n) is 3.65. The summed E-state index contributed by atoms with van der Waals surface area (Å²) in [5, 5.41) is 1.13. The van der Waals surface area contributed by atoms with E-state index >= 15 is 0 Å². The minimum atomic E-state index is -0.911. The molecule has 0 heterocycles. The van der Waals surface area contributed by atoms with Gasteiger partial charge in [-0.25, -0.2) is 17.6 Å². The molecule has 4 aromatic carbocycles. The van der Waals surface area contributed by atoms with Crippen LogP contribution in [-0.2, 0) is 11.2 Å². The zero-order valence-electron chi connectivity index (χ0n) is 17.9. The first-order valence-electron chi connectivity index (χ1n) is 10.4. The zero-order valence-corrected chi connectivity index (χ0v) is 17.9. The molecule has 0 atom stereocenters. The lowest BCUT2D eigenvalue weighted by Gasteiger charge is -2.09. The van der Waals surface area contributed by atoms with Crippen LogP contribution < -0.4 is 0 Å². The van der Waals surface area contributed by atoms with E-state index in [9.17, 15) is 17.6 Å². The number of aryl methyl sites for hydroxylation is 1. The molecule has 0 bridgehead atoms. The largest absolute Gasteiger partial charge is 0.385 e. The van der Waals surface area contributed by atoms with Gasteiger partial charge >= 0.3 is 0 Å². The van der Waals surface area contributed by atoms with Gasteiger partial charge in [0.2, 0.25) is 0 Å². The molecular weight excluding hydrogens is 428 g/mol. The first-order chi connectivity index (χ1) is 15.9. The second-order valence-corrected chi connectivity index (χ2v) is 7.69. The molecule has 33 heavy (non-hydrogen) atoms. The second kappa shape index (κ2) is 9.89. The standard InChI is InChI=1S/C28H20F4O/c1-33-12-2-3-20-14-26(31)28(27(32)15-20)21-9-6-18(7-10-21)4-5-19-8-11-22-16-24(29)25(30)17-23(22)13-19/h6-11,13-17H,2-3,12H2,1H3. The summed E-state index contributed by atoms with van der Waals surface area (Å²) in [5.41, 5.74) is 2.22. The number of hydrogen-bond acceptors (Lipinski definition) is 1. The van der Waals surface area contributed by atoms with Gasteiger partial charge in [0.25, 0.3) is 0 Å². The molecule has 0 aromatic heterocycles. The molecule has 166 valence electrons. The maximum Gasteiger partial charge on any atom is 0.159 e. The molecule has 0 radical (unpaired) electrons. The lowest BCUT2D eigenvalue weighted by molar-refractivity contribution is 0.195. The highest BCUT2D eigenvalue weighted by molar-refractivity contribution is 5.84. The molecule has 0 aliphatic heterocycles. The second-order valence-electron chi connectivity index (χ2n) is 7.69. The van der Waals surface area contributed by atoms with Crippen molar-refractivity contribution in [3.8, 4) is 23.0 Å². The van der Waals surface area contributed by atoms with Gasteiger partial charge in [0.15, 0.2) is 11.6 Å². The summed E-state index contributed by atoms with van der Waals surface area (Å²) in [4.78, 5) is 0. The Morgan fingerprint density at radius 3 is 1.94 bits per heavy atom. The van der Waals surface area contributed by atoms with Crippen molar-refractivity contribution >= 4 is 10.8 Å². The van der Waals surface area contributed by atoms with Gasteiger partial charge in [-0.3, -0.25) is 0 Å². The fourth-order valence-corrected chi connectivity index (χ4v) is 3.65. The third-order valence-electron chi connectivity index (χ3n) is 5.32. The van der Waals surface area contributed by atoms with Crippen LogP contribution in [0.5, 0.6) is 0 Å². The molecule has 4 aromatic rings. The Balaban J connectivity index is 1.55. The van der Waals surface area contributed by atoms with Gasteiger partial charge in [0.05, 0.1) is 5.56 Å². The molecule has 0 aliphatic rings. The van der Waals surface area contributed by atoms with Gasteiger partial charge in [0.1, 0.15) is 11.6 Å². The number of fused-ring (bicyclic) bond motifs is 1. The fraction of sp³-hybridized carbons (Fsp3) is 0.143. The molecule has 0 saturated heterocycles. The molecule has 5 heteroatoms. The molecule has 0 saturated carbocycles. The molecule has 4 rings (SSSR count). The van der Waals surface area contributed by atoms with Crippen molar-refractivity contribution in [2.75, 3.05) is 13.7 Å². The summed E-state index contributed by atoms with van der Waals surface area (Å²) < 4.78 is 61.0. The molecule has 0 amide bonds. The number of benzene rings is 4. The van der Waals surface area contributed by atoms with Gasteiger partial charge in [-0.15, -0.1) is 0 Å². The van der Waals surface area contributed by atoms with Crippen LogP contribution in [0.2, 0.25) is 0 Å². The maximum absolute atomic E-state index is 14.6. The quantitative estimate of drug-likeness (QED) is 0.181. The van der Waals surface area contributed by atoms with E-state index in [0.717, 1.165) is 12.1 Å². The Labute approximate surface area is 189 Å². The Morgan fingerprint density at radius 2 is 1.27 bits per heavy atom. The first kappa shape index (κ1) is 22.6. The molecular formula is C28H20F4O. The lowest BCUT2D eigenvalue weighted by Crippen LogP contribution is -1.97. The third kappa shape index (κ3) is 5.24. The number of ether oxygens (including phenoxy) is 1. The maximum atomic E-state index is 14.6. The lowest BCUT2D eigenvalue weighted by atomic mass is 9.99. The number of halogens is 4. The smallest absolute Gasteiger partial charge is 0.159 e. The molecule has 0 unspecified atom stereocenters. The number of rotatable bonds is 5. The van der Waals surface area contributed by atoms with E-state index in [1.807, 2.05) is 0 Å². The summed E-state index contributed by atoms with van der Waals surface area (Å²) >= 11 is 0. The summed E-state index contributed by atoms with van der Waals surface area (Å²) in [6.07, 6.45) is 1.22. The minimum absolute atomic E-state index is 0.0752. The van der Waals surface area contributed by atoms with Crippen LogP contribution in [0.15, 0.2) is 66.7 Å². The van der Waals surface area contributed by atoms with E-state index in [1.54, 1.807) is 49.6 Å². The van der Waals surface area contributed by atoms with E-state index in [-0.39, 0.29) is 5.56 Å². The predicted molar refractivity (Wildman–Crippen MR) is 122 cm³/mol. The monoisotopic (exact) mass is 448 g/mol. The van der Waals surface area contributed by atoms with E-state index in [2.05, 4.69) is 11.8 Å². The molecule has 1 nitrogen and oxygen atoms in total. The molecule has 0 N–H and O–H groups in total. The Morgan fingerprint density at radius 1 is 0.667 bits per heavy atom. The average molecular weight is 448 g/mol. The number of hydrogen-bond donors (Lipinski definition) is 0. The Kier molecular flexibility index (Phi) is 6.76. The Bertz CT molecular complexity index is 1340. The van der Waals surface area contributed by atoms with Gasteiger partial charge < -0.3 is 4.74 Å². The molecule has 0 fully saturated rings. The van der Waals surface area contributed by atoms with Crippen LogP contribution >= 0.6 is 0 Å². The first-order valence-corrected chi connectivity index (χ1v) is 10.4. The van der Waals surface area contributed by atoms with Crippen molar-refractivity contribution in [2.24, 2.45) is 0 Å². The van der Waals surface area contributed by atoms with Crippen molar-refractivity contribution in [3.63, 3.8) is 0 Å². The van der Waals surface area contributed by atoms with E-state index in [4.69, 9.17) is 4.74 Å². The van der Waals surface area contributed by atoms with Gasteiger partial charge in [-0.2, -0.15) is 0 Å². The highest BCUT2D eigenvalue weighted by Gasteiger charge is 2.13. The topological polar surface area (TPSA) is 9.23 Å². The molecule has 0 aliphatic carbocycles. The van der Waals surface area contributed by atoms with Crippen LogP contribution in [-0.4, -0.2) is 13.7 Å². The van der Waals surface area contributed by atoms with Crippen LogP contribution in [0.4, 0.5) is 17.6 Å². The summed E-state index contributed by atoms with van der Waals surface area (Å²) in [5.74, 6) is 2.93. The third-order valence-corrected chi connectivity index (χ3v) is 5.32. The molecule has 0 spiro atoms. The summed E-state index contributed by atoms with van der Waals surface area (Å²) in [6, 6.07) is 16.7. The van der Waals surface area contributed by atoms with Crippen LogP contribution in [0, 0.1) is 35.1 Å². The van der Waals surface area contributed by atoms with E-state index in [1.165, 1.54) is 12.1 Å². The normalized spacial score (nSPS) is 10.8. The summed E-state index contributed by atoms with van der Waals surface area (Å²) in [7, 11) is 1.59. The minimum Gasteiger partial charge on any atom is -0.385 e. The van der Waals surface area contributed by atoms with Crippen LogP contribution in [0.1, 0.15) is 23.1 Å². The SMILES string of the molecule is COCCCc1cc(F)c(-c2ccc(C#Cc3ccc4cc(F)c(F)cc4c3)cc2)c(F)c1. The van der Waals surface area contributed by atoms with Crippen molar-refractivity contribution in [1.29, 1.82) is 0 Å². The number of methoxy groups -OCH3 is 1. The van der Waals surface area contributed by atoms with Crippen molar-refractivity contribution in [1.82, 2.24) is 0 Å². The van der Waals surface area contributed by atoms with Crippen molar-refractivity contribution < 1.29 is 22.3 Å². The van der Waals surface area contributed by atoms with E-state index < -0.39 is 23.3 Å². The summed E-state index contributed by atoms with van der Waals surface area (Å²) in [6.45, 7) is 0.530. The van der Waals surface area contributed by atoms with Crippen molar-refractivity contribution in [3.05, 3.63) is 107 Å². The predicted octanol–water partition coefficient (Wildman–Crippen LogP) is 7.04. The highest BCUT2D eigenvalue weighted by Crippen LogP contribution is 2.28. The highest BCUT2D eigenvalue weighted by atomic mass is 19.2. The Hall–Kier alpha value is -3.62. The van der Waals surface area contributed by atoms with E-state index in [0.29, 0.717) is 52.5 Å². The van der Waals surface area contributed by atoms with Crippen LogP contribution in [0.3, 0.4) is 0 Å². The van der Waals surface area contributed by atoms with Crippen molar-refractivity contribution in [2.45, 2.75) is 12.8 Å². The zero-order chi connectivity index (χ0) is 23.4. The van der Waals surface area contributed by atoms with Crippen LogP contribution in [0.25, 0.3) is 21.9 Å². The average Bonchev–Trinajstić information content (AvgIpc) is 2.79. The van der Waals surface area contributed by atoms with Gasteiger partial charge in [-0.1, -0.05) is 30.0 Å². The van der Waals surface area contributed by atoms with Gasteiger partial charge in [0, 0.05) is 24.8 Å². The van der Waals surface area contributed by atoms with Gasteiger partial charge in [-0.05, 0) is 83.3 Å².